The minimum absolute atomic E-state index is 0.120. The summed E-state index contributed by atoms with van der Waals surface area (Å²) in [6.07, 6.45) is 1.47. The van der Waals surface area contributed by atoms with E-state index in [1.54, 1.807) is 0 Å². The summed E-state index contributed by atoms with van der Waals surface area (Å²) in [5.74, 6) is -1.41. The molecule has 0 atom stereocenters. The first-order valence-corrected chi connectivity index (χ1v) is 5.44. The van der Waals surface area contributed by atoms with Crippen molar-refractivity contribution >= 4 is 18.0 Å². The maximum Gasteiger partial charge on any atom is 0.345 e. The van der Waals surface area contributed by atoms with Gasteiger partial charge in [-0.15, -0.1) is 0 Å². The first-order chi connectivity index (χ1) is 8.47. The maximum atomic E-state index is 11.5. The Morgan fingerprint density at radius 2 is 1.39 bits per heavy atom. The molecule has 0 unspecified atom stereocenters. The predicted octanol–water partition coefficient (Wildman–Crippen LogP) is 2.03. The van der Waals surface area contributed by atoms with Crippen LogP contribution in [0.5, 0.6) is 0 Å². The van der Waals surface area contributed by atoms with Gasteiger partial charge in [0, 0.05) is 0 Å². The maximum absolute atomic E-state index is 11.5. The van der Waals surface area contributed by atoms with Gasteiger partial charge in [0.2, 0.25) is 0 Å². The number of rotatable bonds is 3. The Hall–Kier alpha value is -2.10. The van der Waals surface area contributed by atoms with E-state index in [0.717, 1.165) is 16.7 Å². The second kappa shape index (κ2) is 6.00. The van der Waals surface area contributed by atoms with Gasteiger partial charge >= 0.3 is 11.9 Å². The Balaban J connectivity index is 3.22. The van der Waals surface area contributed by atoms with E-state index in [0.29, 0.717) is 0 Å². The van der Waals surface area contributed by atoms with Crippen LogP contribution in [0.25, 0.3) is 6.08 Å². The van der Waals surface area contributed by atoms with Crippen molar-refractivity contribution in [3.63, 3.8) is 0 Å². The number of ether oxygens (including phenoxy) is 2. The van der Waals surface area contributed by atoms with Crippen LogP contribution >= 0.6 is 0 Å². The van der Waals surface area contributed by atoms with Gasteiger partial charge in [0.15, 0.2) is 0 Å². The molecule has 0 aromatic heterocycles. The van der Waals surface area contributed by atoms with Crippen molar-refractivity contribution in [1.29, 1.82) is 0 Å². The van der Waals surface area contributed by atoms with Gasteiger partial charge in [-0.2, -0.15) is 0 Å². The molecular weight excluding hydrogens is 232 g/mol. The van der Waals surface area contributed by atoms with Gasteiger partial charge < -0.3 is 9.47 Å². The lowest BCUT2D eigenvalue weighted by atomic mass is 10.0. The molecule has 0 saturated carbocycles. The highest BCUT2D eigenvalue weighted by atomic mass is 16.5. The Bertz CT molecular complexity index is 462. The summed E-state index contributed by atoms with van der Waals surface area (Å²) < 4.78 is 9.12. The second-order valence-electron chi connectivity index (χ2n) is 3.96. The molecule has 0 aliphatic carbocycles. The average molecular weight is 248 g/mol. The molecule has 0 fully saturated rings. The third-order valence-corrected chi connectivity index (χ3v) is 2.37. The lowest BCUT2D eigenvalue weighted by Crippen LogP contribution is -2.15. The summed E-state index contributed by atoms with van der Waals surface area (Å²) in [7, 11) is 2.45. The lowest BCUT2D eigenvalue weighted by Gasteiger charge is -2.05. The van der Waals surface area contributed by atoms with Crippen LogP contribution in [0, 0.1) is 13.8 Å². The number of hydrogen-bond acceptors (Lipinski definition) is 4. The van der Waals surface area contributed by atoms with Crippen molar-refractivity contribution in [3.8, 4) is 0 Å². The monoisotopic (exact) mass is 248 g/mol. The zero-order chi connectivity index (χ0) is 13.7. The van der Waals surface area contributed by atoms with E-state index in [4.69, 9.17) is 0 Å². The highest BCUT2D eigenvalue weighted by Gasteiger charge is 2.19. The summed E-state index contributed by atoms with van der Waals surface area (Å²) in [5, 5.41) is 0. The van der Waals surface area contributed by atoms with E-state index in [1.807, 2.05) is 32.0 Å². The van der Waals surface area contributed by atoms with Crippen LogP contribution in [0.3, 0.4) is 0 Å². The molecule has 0 saturated heterocycles. The molecule has 4 heteroatoms. The van der Waals surface area contributed by atoms with Gasteiger partial charge in [-0.25, -0.2) is 9.59 Å². The van der Waals surface area contributed by atoms with Gasteiger partial charge in [0.25, 0.3) is 0 Å². The number of esters is 2. The predicted molar refractivity (Wildman–Crippen MR) is 67.9 cm³/mol. The minimum Gasteiger partial charge on any atom is -0.465 e. The molecule has 0 heterocycles. The van der Waals surface area contributed by atoms with Gasteiger partial charge in [-0.3, -0.25) is 0 Å². The Morgan fingerprint density at radius 1 is 0.944 bits per heavy atom. The largest absolute Gasteiger partial charge is 0.465 e. The Morgan fingerprint density at radius 3 is 1.78 bits per heavy atom. The second-order valence-corrected chi connectivity index (χ2v) is 3.96. The van der Waals surface area contributed by atoms with Gasteiger partial charge in [0.05, 0.1) is 14.2 Å². The van der Waals surface area contributed by atoms with Gasteiger partial charge in [-0.1, -0.05) is 29.3 Å². The first-order valence-electron chi connectivity index (χ1n) is 5.44. The smallest absolute Gasteiger partial charge is 0.345 e. The summed E-state index contributed by atoms with van der Waals surface area (Å²) in [5.41, 5.74) is 2.74. The fourth-order valence-corrected chi connectivity index (χ4v) is 1.68. The number of carbonyl (C=O) groups is 2. The molecular formula is C14H16O4. The van der Waals surface area contributed by atoms with E-state index in [2.05, 4.69) is 9.47 Å². The van der Waals surface area contributed by atoms with E-state index < -0.39 is 11.9 Å². The van der Waals surface area contributed by atoms with E-state index in [-0.39, 0.29) is 5.57 Å². The Labute approximate surface area is 106 Å². The van der Waals surface area contributed by atoms with Gasteiger partial charge in [-0.05, 0) is 25.5 Å². The number of methoxy groups -OCH3 is 2. The molecule has 0 aliphatic rings. The molecule has 0 N–H and O–H groups in total. The van der Waals surface area contributed by atoms with E-state index >= 15 is 0 Å². The van der Waals surface area contributed by atoms with Crippen LogP contribution in [0.15, 0.2) is 23.8 Å². The number of benzene rings is 1. The summed E-state index contributed by atoms with van der Waals surface area (Å²) in [4.78, 5) is 23.0. The van der Waals surface area contributed by atoms with Crippen molar-refractivity contribution in [2.45, 2.75) is 13.8 Å². The average Bonchev–Trinajstić information content (AvgIpc) is 2.33. The third kappa shape index (κ3) is 3.45. The van der Waals surface area contributed by atoms with Crippen LogP contribution in [-0.2, 0) is 19.1 Å². The fourth-order valence-electron chi connectivity index (χ4n) is 1.68. The fraction of sp³-hybridized carbons (Fsp3) is 0.286. The van der Waals surface area contributed by atoms with E-state index in [9.17, 15) is 9.59 Å². The van der Waals surface area contributed by atoms with Crippen molar-refractivity contribution in [1.82, 2.24) is 0 Å². The van der Waals surface area contributed by atoms with Crippen molar-refractivity contribution in [3.05, 3.63) is 40.5 Å². The highest BCUT2D eigenvalue weighted by Crippen LogP contribution is 2.14. The molecule has 1 aromatic carbocycles. The summed E-state index contributed by atoms with van der Waals surface area (Å²) >= 11 is 0. The zero-order valence-corrected chi connectivity index (χ0v) is 10.9. The standard InChI is InChI=1S/C14H16O4/c1-9-5-10(2)7-11(6-9)8-12(13(15)17-3)14(16)18-4/h5-8H,1-4H3. The molecule has 18 heavy (non-hydrogen) atoms. The van der Waals surface area contributed by atoms with Crippen molar-refractivity contribution < 1.29 is 19.1 Å². The topological polar surface area (TPSA) is 52.6 Å². The van der Waals surface area contributed by atoms with Crippen LogP contribution < -0.4 is 0 Å². The Kier molecular flexibility index (Phi) is 4.66. The lowest BCUT2D eigenvalue weighted by molar-refractivity contribution is -0.143. The minimum atomic E-state index is -0.707. The molecule has 0 spiro atoms. The molecule has 96 valence electrons. The van der Waals surface area contributed by atoms with Crippen LogP contribution in [0.2, 0.25) is 0 Å². The quantitative estimate of drug-likeness (QED) is 0.355. The first kappa shape index (κ1) is 14.0. The number of hydrogen-bond donors (Lipinski definition) is 0. The SMILES string of the molecule is COC(=O)C(=Cc1cc(C)cc(C)c1)C(=O)OC. The normalized spacial score (nSPS) is 9.56. The summed E-state index contributed by atoms with van der Waals surface area (Å²) in [6, 6.07) is 5.76. The molecule has 4 nitrogen and oxygen atoms in total. The van der Waals surface area contributed by atoms with Crippen molar-refractivity contribution in [2.75, 3.05) is 14.2 Å². The number of carbonyl (C=O) groups excluding carboxylic acids is 2. The molecule has 1 rings (SSSR count). The van der Waals surface area contributed by atoms with Crippen LogP contribution in [-0.4, -0.2) is 26.2 Å². The molecule has 0 amide bonds. The highest BCUT2D eigenvalue weighted by molar-refractivity contribution is 6.17. The van der Waals surface area contributed by atoms with E-state index in [1.165, 1.54) is 20.3 Å². The van der Waals surface area contributed by atoms with Crippen LogP contribution in [0.4, 0.5) is 0 Å². The summed E-state index contributed by atoms with van der Waals surface area (Å²) in [6.45, 7) is 3.89. The number of aryl methyl sites for hydroxylation is 2. The van der Waals surface area contributed by atoms with Crippen LogP contribution in [0.1, 0.15) is 16.7 Å². The third-order valence-electron chi connectivity index (χ3n) is 2.37. The molecule has 1 aromatic rings. The van der Waals surface area contributed by atoms with Crippen molar-refractivity contribution in [2.24, 2.45) is 0 Å². The molecule has 0 aliphatic heterocycles. The van der Waals surface area contributed by atoms with Gasteiger partial charge in [0.1, 0.15) is 5.57 Å². The molecule has 0 radical (unpaired) electrons. The zero-order valence-electron chi connectivity index (χ0n) is 10.9. The molecule has 0 bridgehead atoms.